The fourth-order valence-corrected chi connectivity index (χ4v) is 7.87. The highest BCUT2D eigenvalue weighted by Gasteiger charge is 2.87. The van der Waals surface area contributed by atoms with Crippen LogP contribution in [-0.4, -0.2) is 22.4 Å². The Morgan fingerprint density at radius 1 is 0.795 bits per heavy atom. The lowest BCUT2D eigenvalue weighted by atomic mass is 9.62. The SMILES string of the molecule is N#CC1=C(C(=O)c2ccccc2)[C@H](c2ccc(Cl)cc2)[C@]2(c3ccccc3)C3[C@@H](c4ccc(Cl)cc4)[C@@]3(C#N)C(=O)N2C1=N. The lowest BCUT2D eigenvalue weighted by molar-refractivity contribution is -0.132. The summed E-state index contributed by atoms with van der Waals surface area (Å²) >= 11 is 12.5. The molecule has 0 bridgehead atoms. The quantitative estimate of drug-likeness (QED) is 0.236. The van der Waals surface area contributed by atoms with Crippen LogP contribution in [0.3, 0.4) is 0 Å². The molecule has 2 aliphatic heterocycles. The standard InChI is InChI=1S/C36H22Cl2N4O2/c37-25-15-11-21(12-16-25)29-28(31(43)23-7-3-1-4-8-23)27(19-39)33(41)42-34(44)35(20-40)30(22-13-17-26(38)18-14-22)32(35)36(29,42)24-9-5-2-6-10-24/h1-18,29-30,32,41H/t29-,30+,32?,35+,36+/m0/s1. The predicted octanol–water partition coefficient (Wildman–Crippen LogP) is 7.43. The van der Waals surface area contributed by atoms with E-state index in [1.807, 2.05) is 42.5 Å². The molecule has 212 valence electrons. The van der Waals surface area contributed by atoms with Gasteiger partial charge in [-0.2, -0.15) is 10.5 Å². The number of amides is 1. The first-order valence-corrected chi connectivity index (χ1v) is 14.7. The topological polar surface area (TPSA) is 109 Å². The summed E-state index contributed by atoms with van der Waals surface area (Å²) in [5.41, 5.74) is -0.629. The van der Waals surface area contributed by atoms with Gasteiger partial charge in [-0.15, -0.1) is 0 Å². The van der Waals surface area contributed by atoms with Crippen LogP contribution in [0.15, 0.2) is 120 Å². The summed E-state index contributed by atoms with van der Waals surface area (Å²) in [4.78, 5) is 30.6. The molecule has 3 aliphatic rings. The Labute approximate surface area is 263 Å². The first kappa shape index (κ1) is 27.8. The highest BCUT2D eigenvalue weighted by Crippen LogP contribution is 2.80. The van der Waals surface area contributed by atoms with Crippen molar-refractivity contribution in [3.63, 3.8) is 0 Å². The van der Waals surface area contributed by atoms with Crippen molar-refractivity contribution in [3.05, 3.63) is 153 Å². The molecule has 0 radical (unpaired) electrons. The summed E-state index contributed by atoms with van der Waals surface area (Å²) < 4.78 is 0. The van der Waals surface area contributed by atoms with Crippen LogP contribution in [0.2, 0.25) is 10.0 Å². The van der Waals surface area contributed by atoms with Crippen molar-refractivity contribution in [2.45, 2.75) is 17.4 Å². The van der Waals surface area contributed by atoms with Gasteiger partial charge in [0.2, 0.25) is 0 Å². The lowest BCUT2D eigenvalue weighted by Gasteiger charge is -2.51. The maximum Gasteiger partial charge on any atom is 0.250 e. The summed E-state index contributed by atoms with van der Waals surface area (Å²) in [6, 6.07) is 36.4. The van der Waals surface area contributed by atoms with Gasteiger partial charge in [-0.3, -0.25) is 19.9 Å². The monoisotopic (exact) mass is 612 g/mol. The second-order valence-electron chi connectivity index (χ2n) is 11.2. The average molecular weight is 614 g/mol. The number of ketones is 1. The molecule has 0 aromatic heterocycles. The Balaban J connectivity index is 1.60. The molecule has 4 aromatic rings. The number of carbonyl (C=O) groups excluding carboxylic acids is 2. The van der Waals surface area contributed by atoms with Gasteiger partial charge >= 0.3 is 0 Å². The highest BCUT2D eigenvalue weighted by atomic mass is 35.5. The molecule has 5 atom stereocenters. The van der Waals surface area contributed by atoms with Crippen LogP contribution in [0, 0.1) is 39.4 Å². The van der Waals surface area contributed by atoms with E-state index in [0.29, 0.717) is 26.7 Å². The Kier molecular flexibility index (Phi) is 6.34. The van der Waals surface area contributed by atoms with Crippen molar-refractivity contribution in [2.75, 3.05) is 0 Å². The number of hydrogen-bond acceptors (Lipinski definition) is 5. The number of Topliss-reactive ketones (excluding diaryl/α,β-unsaturated/α-hetero) is 1. The average Bonchev–Trinajstić information content (AvgIpc) is 3.69. The van der Waals surface area contributed by atoms with E-state index in [4.69, 9.17) is 23.2 Å². The number of halogens is 2. The Hall–Kier alpha value is -5.01. The minimum atomic E-state index is -1.54. The van der Waals surface area contributed by atoms with Crippen LogP contribution >= 0.6 is 23.2 Å². The first-order chi connectivity index (χ1) is 21.3. The molecule has 1 amide bonds. The number of benzene rings is 4. The Morgan fingerprint density at radius 2 is 1.34 bits per heavy atom. The van der Waals surface area contributed by atoms with E-state index >= 15 is 0 Å². The van der Waals surface area contributed by atoms with Crippen molar-refractivity contribution >= 4 is 40.7 Å². The van der Waals surface area contributed by atoms with Gasteiger partial charge in [0.05, 0.1) is 11.6 Å². The van der Waals surface area contributed by atoms with Gasteiger partial charge in [-0.1, -0.05) is 108 Å². The molecule has 1 saturated heterocycles. The lowest BCUT2D eigenvalue weighted by Crippen LogP contribution is -2.58. The van der Waals surface area contributed by atoms with Crippen LogP contribution < -0.4 is 0 Å². The van der Waals surface area contributed by atoms with Gasteiger partial charge < -0.3 is 0 Å². The van der Waals surface area contributed by atoms with Gasteiger partial charge in [0.15, 0.2) is 5.78 Å². The number of hydrogen-bond donors (Lipinski definition) is 1. The van der Waals surface area contributed by atoms with Gasteiger partial charge in [-0.25, -0.2) is 0 Å². The van der Waals surface area contributed by atoms with Crippen LogP contribution in [0.1, 0.15) is 38.9 Å². The van der Waals surface area contributed by atoms with Gasteiger partial charge in [-0.05, 0) is 41.0 Å². The summed E-state index contributed by atoms with van der Waals surface area (Å²) in [5.74, 6) is -3.50. The molecule has 2 fully saturated rings. The van der Waals surface area contributed by atoms with Gasteiger partial charge in [0, 0.05) is 38.9 Å². The third kappa shape index (κ3) is 3.56. The van der Waals surface area contributed by atoms with Crippen molar-refractivity contribution in [1.29, 1.82) is 15.9 Å². The predicted molar refractivity (Wildman–Crippen MR) is 166 cm³/mol. The summed E-state index contributed by atoms with van der Waals surface area (Å²) in [6.07, 6.45) is 0. The molecular weight excluding hydrogens is 591 g/mol. The molecular formula is C36H22Cl2N4O2. The van der Waals surface area contributed by atoms with E-state index in [0.717, 1.165) is 5.56 Å². The maximum atomic E-state index is 14.7. The van der Waals surface area contributed by atoms with Crippen LogP contribution in [-0.2, 0) is 10.3 Å². The van der Waals surface area contributed by atoms with Gasteiger partial charge in [0.1, 0.15) is 22.9 Å². The van der Waals surface area contributed by atoms with Crippen LogP contribution in [0.5, 0.6) is 0 Å². The minimum absolute atomic E-state index is 0.106. The zero-order chi connectivity index (χ0) is 30.8. The number of amidine groups is 1. The number of nitrogens with zero attached hydrogens (tertiary/aromatic N) is 3. The molecule has 8 heteroatoms. The van der Waals surface area contributed by atoms with Crippen LogP contribution in [0.25, 0.3) is 0 Å². The zero-order valence-electron chi connectivity index (χ0n) is 23.0. The molecule has 0 spiro atoms. The Morgan fingerprint density at radius 3 is 1.89 bits per heavy atom. The number of carbonyl (C=O) groups is 2. The van der Waals surface area contributed by atoms with Crippen molar-refractivity contribution < 1.29 is 9.59 Å². The van der Waals surface area contributed by atoms with E-state index in [1.54, 1.807) is 66.7 Å². The van der Waals surface area contributed by atoms with Crippen molar-refractivity contribution in [3.8, 4) is 12.1 Å². The fourth-order valence-electron chi connectivity index (χ4n) is 7.62. The maximum absolute atomic E-state index is 14.7. The normalized spacial score (nSPS) is 26.8. The summed E-state index contributed by atoms with van der Waals surface area (Å²) in [7, 11) is 0. The van der Waals surface area contributed by atoms with Crippen molar-refractivity contribution in [2.24, 2.45) is 11.3 Å². The molecule has 1 N–H and O–H groups in total. The number of nitrogens with one attached hydrogen (secondary N) is 1. The molecule has 1 aliphatic carbocycles. The van der Waals surface area contributed by atoms with E-state index in [9.17, 15) is 25.5 Å². The third-order valence-electron chi connectivity index (χ3n) is 9.31. The second kappa shape index (κ2) is 10.0. The second-order valence-corrected chi connectivity index (χ2v) is 12.1. The first-order valence-electron chi connectivity index (χ1n) is 14.0. The fraction of sp³-hybridized carbons (Fsp3) is 0.139. The smallest absolute Gasteiger partial charge is 0.250 e. The molecule has 1 saturated carbocycles. The third-order valence-corrected chi connectivity index (χ3v) is 9.82. The summed E-state index contributed by atoms with van der Waals surface area (Å²) in [6.45, 7) is 0. The highest BCUT2D eigenvalue weighted by molar-refractivity contribution is 6.31. The van der Waals surface area contributed by atoms with Crippen molar-refractivity contribution in [1.82, 2.24) is 4.90 Å². The number of piperidine rings is 1. The van der Waals surface area contributed by atoms with E-state index in [-0.39, 0.29) is 17.0 Å². The zero-order valence-corrected chi connectivity index (χ0v) is 24.6. The van der Waals surface area contributed by atoms with Gasteiger partial charge in [0.25, 0.3) is 5.91 Å². The van der Waals surface area contributed by atoms with E-state index in [2.05, 4.69) is 12.1 Å². The molecule has 1 unspecified atom stereocenters. The Bertz CT molecular complexity index is 1980. The van der Waals surface area contributed by atoms with E-state index < -0.39 is 40.4 Å². The van der Waals surface area contributed by atoms with E-state index in [1.165, 1.54) is 4.90 Å². The number of nitriles is 2. The summed E-state index contributed by atoms with van der Waals surface area (Å²) in [5, 5.41) is 31.7. The minimum Gasteiger partial charge on any atom is -0.289 e. The molecule has 2 heterocycles. The molecule has 6 nitrogen and oxygen atoms in total. The molecule has 4 aromatic carbocycles. The number of fused-ring (bicyclic) bond motifs is 3. The van der Waals surface area contributed by atoms with Crippen LogP contribution in [0.4, 0.5) is 0 Å². The molecule has 7 rings (SSSR count). The number of rotatable bonds is 5. The largest absolute Gasteiger partial charge is 0.289 e. The molecule has 44 heavy (non-hydrogen) atoms.